The molecule has 2 heterocycles. The van der Waals surface area contributed by atoms with Crippen LogP contribution in [0.2, 0.25) is 0 Å². The maximum absolute atomic E-state index is 11.7. The Kier molecular flexibility index (Phi) is 4.97. The van der Waals surface area contributed by atoms with Crippen molar-refractivity contribution in [2.45, 2.75) is 44.1 Å². The van der Waals surface area contributed by atoms with E-state index >= 15 is 0 Å². The van der Waals surface area contributed by atoms with Crippen molar-refractivity contribution < 1.29 is 23.8 Å². The average molecular weight is 284 g/mol. The molecule has 2 rings (SSSR count). The van der Waals surface area contributed by atoms with Gasteiger partial charge in [0.15, 0.2) is 0 Å². The minimum absolute atomic E-state index is 0.171. The zero-order valence-corrected chi connectivity index (χ0v) is 11.5. The van der Waals surface area contributed by atoms with Crippen molar-refractivity contribution in [3.63, 3.8) is 0 Å². The predicted octanol–water partition coefficient (Wildman–Crippen LogP) is 0.102. The number of hydrogen-bond acceptors (Lipinski definition) is 7. The number of ketones is 1. The smallest absolute Gasteiger partial charge is 0.377 e. The summed E-state index contributed by atoms with van der Waals surface area (Å²) in [6.07, 6.45) is 5.56. The fraction of sp³-hybridized carbons (Fsp3) is 0.692. The molecular formula is C13H20N2O5. The molecule has 0 radical (unpaired) electrons. The van der Waals surface area contributed by atoms with Crippen molar-refractivity contribution in [1.29, 1.82) is 0 Å². The van der Waals surface area contributed by atoms with Crippen molar-refractivity contribution in [3.8, 4) is 0 Å². The van der Waals surface area contributed by atoms with Gasteiger partial charge in [0, 0.05) is 0 Å². The first-order valence-electron chi connectivity index (χ1n) is 6.72. The Morgan fingerprint density at radius 2 is 2.05 bits per heavy atom. The van der Waals surface area contributed by atoms with Crippen molar-refractivity contribution in [2.75, 3.05) is 13.8 Å². The summed E-state index contributed by atoms with van der Waals surface area (Å²) in [5.41, 5.74) is 5.93. The second-order valence-electron chi connectivity index (χ2n) is 5.06. The normalized spacial score (nSPS) is 25.2. The van der Waals surface area contributed by atoms with Crippen LogP contribution in [0.25, 0.3) is 0 Å². The lowest BCUT2D eigenvalue weighted by Gasteiger charge is -2.30. The van der Waals surface area contributed by atoms with Gasteiger partial charge in [-0.05, 0) is 19.9 Å². The minimum atomic E-state index is -0.733. The zero-order valence-electron chi connectivity index (χ0n) is 11.5. The highest BCUT2D eigenvalue weighted by Crippen LogP contribution is 2.17. The molecule has 0 aromatic carbocycles. The van der Waals surface area contributed by atoms with E-state index in [1.54, 1.807) is 11.9 Å². The van der Waals surface area contributed by atoms with E-state index in [2.05, 4.69) is 0 Å². The number of nitrogens with two attached hydrogens (primary N) is 1. The second-order valence-corrected chi connectivity index (χ2v) is 5.06. The largest absolute Gasteiger partial charge is 0.458 e. The Morgan fingerprint density at radius 3 is 2.75 bits per heavy atom. The molecule has 2 unspecified atom stereocenters. The number of hydrogen-bond donors (Lipinski definition) is 1. The standard InChI is InChI=1S/C13H20N2O5/c1-15-8-20-12(17)11(16)10(15)5-3-2-4-9(14)13-18-6-7-19-13/h6-7,9-10,13H,2-5,8,14H2,1H3. The van der Waals surface area contributed by atoms with Gasteiger partial charge >= 0.3 is 5.97 Å². The van der Waals surface area contributed by atoms with Crippen molar-refractivity contribution in [3.05, 3.63) is 12.5 Å². The van der Waals surface area contributed by atoms with Gasteiger partial charge in [-0.15, -0.1) is 0 Å². The van der Waals surface area contributed by atoms with Crippen LogP contribution in [0.3, 0.4) is 0 Å². The van der Waals surface area contributed by atoms with Crippen LogP contribution in [0.4, 0.5) is 0 Å². The predicted molar refractivity (Wildman–Crippen MR) is 69.1 cm³/mol. The number of cyclic esters (lactones) is 1. The number of rotatable bonds is 6. The molecule has 2 aliphatic rings. The quantitative estimate of drug-likeness (QED) is 0.420. The highest BCUT2D eigenvalue weighted by atomic mass is 16.7. The van der Waals surface area contributed by atoms with E-state index in [-0.39, 0.29) is 18.8 Å². The SMILES string of the molecule is CN1COC(=O)C(=O)C1CCCCC(N)C1OC=CO1. The molecule has 20 heavy (non-hydrogen) atoms. The van der Waals surface area contributed by atoms with Crippen LogP contribution in [-0.4, -0.2) is 48.8 Å². The fourth-order valence-corrected chi connectivity index (χ4v) is 2.32. The second kappa shape index (κ2) is 6.71. The summed E-state index contributed by atoms with van der Waals surface area (Å²) in [7, 11) is 1.77. The van der Waals surface area contributed by atoms with Gasteiger partial charge in [-0.3, -0.25) is 9.69 Å². The Bertz CT molecular complexity index is 390. The first-order valence-corrected chi connectivity index (χ1v) is 6.72. The molecule has 2 N–H and O–H groups in total. The molecule has 7 heteroatoms. The van der Waals surface area contributed by atoms with Crippen LogP contribution < -0.4 is 5.73 Å². The summed E-state index contributed by atoms with van der Waals surface area (Å²) in [6.45, 7) is 0.171. The molecule has 112 valence electrons. The third kappa shape index (κ3) is 3.49. The van der Waals surface area contributed by atoms with Gasteiger partial charge in [-0.25, -0.2) is 4.79 Å². The van der Waals surface area contributed by atoms with E-state index < -0.39 is 18.0 Å². The molecule has 1 fully saturated rings. The van der Waals surface area contributed by atoms with Gasteiger partial charge in [0.2, 0.25) is 0 Å². The summed E-state index contributed by atoms with van der Waals surface area (Å²) >= 11 is 0. The maximum Gasteiger partial charge on any atom is 0.377 e. The lowest BCUT2D eigenvalue weighted by atomic mass is 10.0. The first kappa shape index (κ1) is 14.8. The minimum Gasteiger partial charge on any atom is -0.458 e. The molecule has 0 amide bonds. The Balaban J connectivity index is 1.67. The first-order chi connectivity index (χ1) is 9.59. The summed E-state index contributed by atoms with van der Waals surface area (Å²) in [5, 5.41) is 0. The molecular weight excluding hydrogens is 264 g/mol. The van der Waals surface area contributed by atoms with Crippen LogP contribution in [0.15, 0.2) is 12.5 Å². The number of ether oxygens (including phenoxy) is 3. The number of unbranched alkanes of at least 4 members (excludes halogenated alkanes) is 1. The molecule has 0 aromatic rings. The molecule has 1 saturated heterocycles. The van der Waals surface area contributed by atoms with E-state index in [0.717, 1.165) is 19.3 Å². The lowest BCUT2D eigenvalue weighted by molar-refractivity contribution is -0.168. The third-order valence-corrected chi connectivity index (χ3v) is 3.53. The number of nitrogens with zero attached hydrogens (tertiary/aromatic N) is 1. The molecule has 2 atom stereocenters. The highest BCUT2D eigenvalue weighted by Gasteiger charge is 2.34. The van der Waals surface area contributed by atoms with Gasteiger partial charge in [-0.2, -0.15) is 0 Å². The van der Waals surface area contributed by atoms with Crippen molar-refractivity contribution >= 4 is 11.8 Å². The van der Waals surface area contributed by atoms with E-state index in [9.17, 15) is 9.59 Å². The molecule has 0 spiro atoms. The van der Waals surface area contributed by atoms with E-state index in [1.807, 2.05) is 0 Å². The highest BCUT2D eigenvalue weighted by molar-refractivity contribution is 6.36. The molecule has 7 nitrogen and oxygen atoms in total. The maximum atomic E-state index is 11.7. The van der Waals surface area contributed by atoms with Gasteiger partial charge in [0.1, 0.15) is 19.3 Å². The molecule has 0 aromatic heterocycles. The number of esters is 1. The van der Waals surface area contributed by atoms with Gasteiger partial charge < -0.3 is 19.9 Å². The number of carbonyl (C=O) groups is 2. The molecule has 0 saturated carbocycles. The summed E-state index contributed by atoms with van der Waals surface area (Å²) in [5.74, 6) is -1.20. The van der Waals surface area contributed by atoms with Crippen LogP contribution in [0.1, 0.15) is 25.7 Å². The number of Topliss-reactive ketones (excluding diaryl/α,β-unsaturated/α-hetero) is 1. The number of carbonyl (C=O) groups excluding carboxylic acids is 2. The summed E-state index contributed by atoms with van der Waals surface area (Å²) in [4.78, 5) is 24.6. The van der Waals surface area contributed by atoms with Gasteiger partial charge in [-0.1, -0.05) is 12.8 Å². The molecule has 2 aliphatic heterocycles. The number of likely N-dealkylation sites (N-methyl/N-ethyl adjacent to an activating group) is 1. The average Bonchev–Trinajstić information content (AvgIpc) is 2.96. The Labute approximate surface area is 117 Å². The Morgan fingerprint density at radius 1 is 1.35 bits per heavy atom. The zero-order chi connectivity index (χ0) is 14.5. The third-order valence-electron chi connectivity index (χ3n) is 3.53. The lowest BCUT2D eigenvalue weighted by Crippen LogP contribution is -2.49. The fourth-order valence-electron chi connectivity index (χ4n) is 2.32. The van der Waals surface area contributed by atoms with Crippen molar-refractivity contribution in [2.24, 2.45) is 5.73 Å². The van der Waals surface area contributed by atoms with E-state index in [0.29, 0.717) is 6.42 Å². The van der Waals surface area contributed by atoms with Crippen LogP contribution in [-0.2, 0) is 23.8 Å². The molecule has 0 bridgehead atoms. The van der Waals surface area contributed by atoms with Gasteiger partial charge in [0.05, 0.1) is 12.1 Å². The van der Waals surface area contributed by atoms with Gasteiger partial charge in [0.25, 0.3) is 12.1 Å². The molecule has 0 aliphatic carbocycles. The Hall–Kier alpha value is -1.60. The summed E-state index contributed by atoms with van der Waals surface area (Å²) in [6, 6.07) is -0.581. The summed E-state index contributed by atoms with van der Waals surface area (Å²) < 4.78 is 15.0. The van der Waals surface area contributed by atoms with Crippen LogP contribution >= 0.6 is 0 Å². The van der Waals surface area contributed by atoms with Crippen molar-refractivity contribution in [1.82, 2.24) is 4.90 Å². The van der Waals surface area contributed by atoms with E-state index in [4.69, 9.17) is 19.9 Å². The monoisotopic (exact) mass is 284 g/mol. The topological polar surface area (TPSA) is 91.1 Å². The van der Waals surface area contributed by atoms with Crippen LogP contribution in [0, 0.1) is 0 Å². The van der Waals surface area contributed by atoms with E-state index in [1.165, 1.54) is 12.5 Å². The van der Waals surface area contributed by atoms with Crippen LogP contribution in [0.5, 0.6) is 0 Å².